The molecule has 0 aliphatic rings. The summed E-state index contributed by atoms with van der Waals surface area (Å²) >= 11 is 0. The van der Waals surface area contributed by atoms with Crippen LogP contribution in [0.15, 0.2) is 54.9 Å². The summed E-state index contributed by atoms with van der Waals surface area (Å²) in [6.07, 6.45) is 2.01. The lowest BCUT2D eigenvalue weighted by molar-refractivity contribution is 0.0970. The second-order valence-electron chi connectivity index (χ2n) is 6.40. The molecule has 0 atom stereocenters. The quantitative estimate of drug-likeness (QED) is 0.396. The average molecular weight is 389 g/mol. The number of imidazole rings is 2. The zero-order valence-electron chi connectivity index (χ0n) is 15.4. The van der Waals surface area contributed by atoms with Crippen molar-refractivity contribution in [1.82, 2.24) is 19.5 Å². The van der Waals surface area contributed by atoms with Gasteiger partial charge in [-0.25, -0.2) is 9.97 Å². The lowest BCUT2D eigenvalue weighted by atomic mass is 10.1. The van der Waals surface area contributed by atoms with Crippen LogP contribution in [0.25, 0.3) is 16.7 Å². The first kappa shape index (κ1) is 18.4. The van der Waals surface area contributed by atoms with Gasteiger partial charge in [-0.1, -0.05) is 30.3 Å². The number of rotatable bonds is 6. The number of nitrogens with two attached hydrogens (primary N) is 2. The minimum Gasteiger partial charge on any atom is -0.364 e. The van der Waals surface area contributed by atoms with Crippen LogP contribution < -0.4 is 16.8 Å². The summed E-state index contributed by atoms with van der Waals surface area (Å²) in [6.45, 7) is 0.441. The molecule has 0 saturated heterocycles. The molecule has 2 amide bonds. The zero-order chi connectivity index (χ0) is 20.4. The summed E-state index contributed by atoms with van der Waals surface area (Å²) in [5.74, 6) is -1.10. The number of carbonyl (C=O) groups excluding carboxylic acids is 2. The van der Waals surface area contributed by atoms with Gasteiger partial charge in [0, 0.05) is 0 Å². The van der Waals surface area contributed by atoms with E-state index in [-0.39, 0.29) is 17.3 Å². The van der Waals surface area contributed by atoms with Crippen molar-refractivity contribution in [3.63, 3.8) is 0 Å². The lowest BCUT2D eigenvalue weighted by Crippen LogP contribution is -2.23. The molecule has 0 spiro atoms. The Morgan fingerprint density at radius 1 is 1.10 bits per heavy atom. The highest BCUT2D eigenvalue weighted by Gasteiger charge is 2.24. The van der Waals surface area contributed by atoms with Gasteiger partial charge in [0.25, 0.3) is 11.8 Å². The van der Waals surface area contributed by atoms with Gasteiger partial charge >= 0.3 is 0 Å². The number of aromatic amines is 1. The fourth-order valence-corrected chi connectivity index (χ4v) is 3.22. The van der Waals surface area contributed by atoms with Crippen LogP contribution in [0.1, 0.15) is 26.5 Å². The molecule has 29 heavy (non-hydrogen) atoms. The summed E-state index contributed by atoms with van der Waals surface area (Å²) in [6, 6.07) is 14.8. The molecule has 2 aromatic heterocycles. The smallest absolute Gasteiger partial charge is 0.279 e. The predicted octanol–water partition coefficient (Wildman–Crippen LogP) is 1.60. The van der Waals surface area contributed by atoms with E-state index in [1.54, 1.807) is 0 Å². The van der Waals surface area contributed by atoms with E-state index in [0.29, 0.717) is 24.2 Å². The number of fused-ring (bicyclic) bond motifs is 1. The number of hydrogen-bond donors (Lipinski definition) is 4. The lowest BCUT2D eigenvalue weighted by Gasteiger charge is -2.12. The van der Waals surface area contributed by atoms with E-state index in [2.05, 4.69) is 20.3 Å². The number of anilines is 1. The van der Waals surface area contributed by atoms with Crippen LogP contribution in [0.3, 0.4) is 0 Å². The summed E-state index contributed by atoms with van der Waals surface area (Å²) in [5.41, 5.74) is 14.3. The fraction of sp³-hybridized carbons (Fsp3) is 0.100. The van der Waals surface area contributed by atoms with Crippen LogP contribution in [0.5, 0.6) is 0 Å². The molecule has 6 N–H and O–H groups in total. The van der Waals surface area contributed by atoms with Crippen molar-refractivity contribution in [2.45, 2.75) is 6.42 Å². The van der Waals surface area contributed by atoms with Gasteiger partial charge in [-0.05, 0) is 36.7 Å². The maximum atomic E-state index is 12.8. The average Bonchev–Trinajstić information content (AvgIpc) is 3.32. The topological polar surface area (TPSA) is 145 Å². The molecule has 0 saturated carbocycles. The molecule has 146 valence electrons. The second-order valence-corrected chi connectivity index (χ2v) is 6.40. The van der Waals surface area contributed by atoms with Crippen LogP contribution in [0, 0.1) is 0 Å². The van der Waals surface area contributed by atoms with Gasteiger partial charge in [0.05, 0.1) is 16.7 Å². The Hall–Kier alpha value is -3.98. The van der Waals surface area contributed by atoms with Gasteiger partial charge in [-0.3, -0.25) is 19.5 Å². The minimum atomic E-state index is -0.764. The standard InChI is InChI=1S/C20H19N7O2/c21-10-9-12-5-1-4-8-15(12)27-11-23-16(17(27)18(22)28)19(29)26-20-24-13-6-2-3-7-14(13)25-20/h1-8,11H,9-10,21H2,(H2,22,28)(H2,24,25,26,29). The highest BCUT2D eigenvalue weighted by Crippen LogP contribution is 2.20. The number of primary amides is 1. The highest BCUT2D eigenvalue weighted by atomic mass is 16.2. The molecule has 0 fully saturated rings. The van der Waals surface area contributed by atoms with Crippen LogP contribution in [0.4, 0.5) is 5.95 Å². The molecule has 0 radical (unpaired) electrons. The van der Waals surface area contributed by atoms with E-state index in [9.17, 15) is 9.59 Å². The summed E-state index contributed by atoms with van der Waals surface area (Å²) in [7, 11) is 0. The summed E-state index contributed by atoms with van der Waals surface area (Å²) < 4.78 is 1.51. The molecule has 4 rings (SSSR count). The SMILES string of the molecule is NCCc1ccccc1-n1cnc(C(=O)Nc2nc3ccccc3[nH]2)c1C(N)=O. The van der Waals surface area contributed by atoms with Crippen molar-refractivity contribution in [2.24, 2.45) is 11.5 Å². The maximum absolute atomic E-state index is 12.8. The molecule has 0 aliphatic heterocycles. The number of nitrogens with zero attached hydrogens (tertiary/aromatic N) is 3. The zero-order valence-corrected chi connectivity index (χ0v) is 15.4. The van der Waals surface area contributed by atoms with Crippen LogP contribution in [-0.2, 0) is 6.42 Å². The second kappa shape index (κ2) is 7.56. The summed E-state index contributed by atoms with van der Waals surface area (Å²) in [5, 5.41) is 2.64. The monoisotopic (exact) mass is 389 g/mol. The van der Waals surface area contributed by atoms with Gasteiger partial charge in [0.15, 0.2) is 5.69 Å². The largest absolute Gasteiger partial charge is 0.364 e. The number of hydrogen-bond acceptors (Lipinski definition) is 5. The van der Waals surface area contributed by atoms with Crippen LogP contribution in [0.2, 0.25) is 0 Å². The normalized spacial score (nSPS) is 10.9. The predicted molar refractivity (Wildman–Crippen MR) is 109 cm³/mol. The van der Waals surface area contributed by atoms with Crippen LogP contribution in [-0.4, -0.2) is 37.9 Å². The molecular formula is C20H19N7O2. The van der Waals surface area contributed by atoms with Crippen molar-refractivity contribution in [1.29, 1.82) is 0 Å². The molecule has 0 aliphatic carbocycles. The van der Waals surface area contributed by atoms with E-state index in [4.69, 9.17) is 11.5 Å². The number of carbonyl (C=O) groups is 2. The molecular weight excluding hydrogens is 370 g/mol. The molecule has 0 unspecified atom stereocenters. The van der Waals surface area contributed by atoms with Gasteiger partial charge < -0.3 is 16.5 Å². The third kappa shape index (κ3) is 3.46. The molecule has 9 nitrogen and oxygen atoms in total. The van der Waals surface area contributed by atoms with Crippen molar-refractivity contribution in [3.8, 4) is 5.69 Å². The Morgan fingerprint density at radius 2 is 1.86 bits per heavy atom. The number of benzene rings is 2. The van der Waals surface area contributed by atoms with E-state index in [1.165, 1.54) is 10.9 Å². The number of aromatic nitrogens is 4. The molecule has 4 aromatic rings. The first-order valence-corrected chi connectivity index (χ1v) is 9.00. The molecule has 9 heteroatoms. The highest BCUT2D eigenvalue weighted by molar-refractivity contribution is 6.10. The molecule has 2 heterocycles. The van der Waals surface area contributed by atoms with E-state index in [1.807, 2.05) is 48.5 Å². The molecule has 0 bridgehead atoms. The van der Waals surface area contributed by atoms with Crippen molar-refractivity contribution in [3.05, 3.63) is 71.8 Å². The Labute approximate surface area is 165 Å². The Bertz CT molecular complexity index is 1180. The third-order valence-electron chi connectivity index (χ3n) is 4.50. The Morgan fingerprint density at radius 3 is 2.62 bits per heavy atom. The first-order valence-electron chi connectivity index (χ1n) is 9.00. The van der Waals surface area contributed by atoms with Crippen molar-refractivity contribution < 1.29 is 9.59 Å². The fourth-order valence-electron chi connectivity index (χ4n) is 3.22. The Balaban J connectivity index is 1.71. The van der Waals surface area contributed by atoms with E-state index in [0.717, 1.165) is 11.1 Å². The maximum Gasteiger partial charge on any atom is 0.279 e. The first-order chi connectivity index (χ1) is 14.1. The Kier molecular flexibility index (Phi) is 4.80. The van der Waals surface area contributed by atoms with E-state index < -0.39 is 11.8 Å². The minimum absolute atomic E-state index is 0.0110. The van der Waals surface area contributed by atoms with Gasteiger partial charge in [-0.15, -0.1) is 0 Å². The van der Waals surface area contributed by atoms with Gasteiger partial charge in [-0.2, -0.15) is 0 Å². The van der Waals surface area contributed by atoms with Crippen molar-refractivity contribution >= 4 is 28.8 Å². The molecule has 2 aromatic carbocycles. The van der Waals surface area contributed by atoms with Crippen molar-refractivity contribution in [2.75, 3.05) is 11.9 Å². The van der Waals surface area contributed by atoms with Gasteiger partial charge in [0.1, 0.15) is 12.0 Å². The van der Waals surface area contributed by atoms with Gasteiger partial charge in [0.2, 0.25) is 5.95 Å². The number of amides is 2. The number of para-hydroxylation sites is 3. The third-order valence-corrected chi connectivity index (χ3v) is 4.50. The van der Waals surface area contributed by atoms with E-state index >= 15 is 0 Å². The number of H-pyrrole nitrogens is 1. The van der Waals surface area contributed by atoms with Crippen LogP contribution >= 0.6 is 0 Å². The number of nitrogens with one attached hydrogen (secondary N) is 2. The summed E-state index contributed by atoms with van der Waals surface area (Å²) in [4.78, 5) is 36.4.